The van der Waals surface area contributed by atoms with Crippen LogP contribution >= 0.6 is 0 Å². The Balaban J connectivity index is 2.15. The number of methoxy groups -OCH3 is 3. The van der Waals surface area contributed by atoms with Crippen molar-refractivity contribution in [1.82, 2.24) is 19.9 Å². The number of hydrogen-bond acceptors (Lipinski definition) is 7. The summed E-state index contributed by atoms with van der Waals surface area (Å²) >= 11 is 0. The zero-order chi connectivity index (χ0) is 17.3. The predicted molar refractivity (Wildman–Crippen MR) is 90.6 cm³/mol. The molecule has 8 heteroatoms. The number of aromatic amines is 1. The Hall–Kier alpha value is -3.03. The average molecular weight is 329 g/mol. The van der Waals surface area contributed by atoms with Crippen LogP contribution in [0.3, 0.4) is 0 Å². The molecule has 0 aliphatic carbocycles. The van der Waals surface area contributed by atoms with Gasteiger partial charge in [-0.05, 0) is 6.92 Å². The topological polar surface area (TPSA) is 85.4 Å². The molecule has 24 heavy (non-hydrogen) atoms. The van der Waals surface area contributed by atoms with Crippen LogP contribution in [0.15, 0.2) is 18.5 Å². The molecular weight excluding hydrogens is 310 g/mol. The molecular formula is C16H19N5O3. The van der Waals surface area contributed by atoms with E-state index in [1.165, 1.54) is 0 Å². The maximum Gasteiger partial charge on any atom is 0.203 e. The van der Waals surface area contributed by atoms with Gasteiger partial charge in [0.15, 0.2) is 23.0 Å². The van der Waals surface area contributed by atoms with Crippen LogP contribution in [0.25, 0.3) is 11.2 Å². The van der Waals surface area contributed by atoms with Gasteiger partial charge in [-0.3, -0.25) is 0 Å². The van der Waals surface area contributed by atoms with E-state index in [1.807, 2.05) is 31.0 Å². The Kier molecular flexibility index (Phi) is 4.11. The summed E-state index contributed by atoms with van der Waals surface area (Å²) in [5, 5.41) is 0. The molecule has 0 aliphatic rings. The van der Waals surface area contributed by atoms with Crippen molar-refractivity contribution in [1.29, 1.82) is 0 Å². The number of aromatic nitrogens is 4. The summed E-state index contributed by atoms with van der Waals surface area (Å²) in [5.74, 6) is 3.05. The van der Waals surface area contributed by atoms with Gasteiger partial charge < -0.3 is 24.1 Å². The Morgan fingerprint density at radius 2 is 1.67 bits per heavy atom. The first-order valence-electron chi connectivity index (χ1n) is 7.30. The van der Waals surface area contributed by atoms with Crippen LogP contribution in [0, 0.1) is 6.92 Å². The summed E-state index contributed by atoms with van der Waals surface area (Å²) < 4.78 is 16.2. The number of anilines is 2. The normalized spacial score (nSPS) is 10.7. The van der Waals surface area contributed by atoms with Crippen molar-refractivity contribution in [3.05, 3.63) is 24.3 Å². The fourth-order valence-electron chi connectivity index (χ4n) is 2.55. The van der Waals surface area contributed by atoms with Gasteiger partial charge >= 0.3 is 0 Å². The Morgan fingerprint density at radius 1 is 1.00 bits per heavy atom. The molecule has 0 amide bonds. The summed E-state index contributed by atoms with van der Waals surface area (Å²) in [6.07, 6.45) is 1.60. The van der Waals surface area contributed by atoms with Crippen LogP contribution in [0.5, 0.6) is 17.2 Å². The third-order valence-electron chi connectivity index (χ3n) is 3.73. The lowest BCUT2D eigenvalue weighted by molar-refractivity contribution is 0.324. The number of nitrogens with one attached hydrogen (secondary N) is 1. The molecule has 2 heterocycles. The predicted octanol–water partition coefficient (Wildman–Crippen LogP) is 2.46. The molecule has 1 N–H and O–H groups in total. The standard InChI is InChI=1S/C16H19N5O3/c1-9-19-15-13(17-8-18-15)16(20-9)21(2)10-6-11(22-3)14(24-5)12(7-10)23-4/h6-8H,1-5H3,(H,17,18,19,20). The first-order chi connectivity index (χ1) is 11.6. The molecule has 0 atom stereocenters. The molecule has 0 aliphatic heterocycles. The minimum absolute atomic E-state index is 0.544. The molecule has 0 unspecified atom stereocenters. The number of hydrogen-bond donors (Lipinski definition) is 1. The third kappa shape index (κ3) is 2.55. The SMILES string of the molecule is COc1cc(N(C)c2nc(C)nc3nc[nH]c23)cc(OC)c1OC. The van der Waals surface area contributed by atoms with Gasteiger partial charge in [0.2, 0.25) is 5.75 Å². The molecule has 126 valence electrons. The van der Waals surface area contributed by atoms with Gasteiger partial charge in [0, 0.05) is 24.9 Å². The van der Waals surface area contributed by atoms with Crippen molar-refractivity contribution in [3.8, 4) is 17.2 Å². The molecule has 3 rings (SSSR count). The van der Waals surface area contributed by atoms with Crippen LogP contribution < -0.4 is 19.1 Å². The third-order valence-corrected chi connectivity index (χ3v) is 3.73. The molecule has 8 nitrogen and oxygen atoms in total. The van der Waals surface area contributed by atoms with Crippen molar-refractivity contribution in [3.63, 3.8) is 0 Å². The summed E-state index contributed by atoms with van der Waals surface area (Å²) in [6, 6.07) is 3.72. The molecule has 0 saturated heterocycles. The quantitative estimate of drug-likeness (QED) is 0.769. The minimum atomic E-state index is 0.544. The first-order valence-corrected chi connectivity index (χ1v) is 7.30. The van der Waals surface area contributed by atoms with E-state index >= 15 is 0 Å². The van der Waals surface area contributed by atoms with Gasteiger partial charge in [-0.2, -0.15) is 0 Å². The highest BCUT2D eigenvalue weighted by atomic mass is 16.5. The van der Waals surface area contributed by atoms with Crippen molar-refractivity contribution in [2.45, 2.75) is 6.92 Å². The number of fused-ring (bicyclic) bond motifs is 1. The number of imidazole rings is 1. The Labute approximate surface area is 139 Å². The molecule has 0 spiro atoms. The van der Waals surface area contributed by atoms with E-state index in [0.717, 1.165) is 11.2 Å². The molecule has 0 saturated carbocycles. The number of nitrogens with zero attached hydrogens (tertiary/aromatic N) is 4. The van der Waals surface area contributed by atoms with E-state index in [9.17, 15) is 0 Å². The van der Waals surface area contributed by atoms with Gasteiger partial charge in [0.05, 0.1) is 27.7 Å². The van der Waals surface area contributed by atoms with Crippen molar-refractivity contribution < 1.29 is 14.2 Å². The highest BCUT2D eigenvalue weighted by Gasteiger charge is 2.19. The van der Waals surface area contributed by atoms with E-state index in [1.54, 1.807) is 27.7 Å². The van der Waals surface area contributed by atoms with Crippen LogP contribution in [0.2, 0.25) is 0 Å². The van der Waals surface area contributed by atoms with Crippen LogP contribution in [-0.2, 0) is 0 Å². The minimum Gasteiger partial charge on any atom is -0.493 e. The van der Waals surface area contributed by atoms with E-state index in [4.69, 9.17) is 14.2 Å². The lowest BCUT2D eigenvalue weighted by atomic mass is 10.2. The zero-order valence-corrected chi connectivity index (χ0v) is 14.2. The highest BCUT2D eigenvalue weighted by Crippen LogP contribution is 2.42. The number of aryl methyl sites for hydroxylation is 1. The number of ether oxygens (including phenoxy) is 3. The maximum atomic E-state index is 5.42. The smallest absolute Gasteiger partial charge is 0.203 e. The summed E-state index contributed by atoms with van der Waals surface area (Å²) in [7, 11) is 6.65. The van der Waals surface area contributed by atoms with Crippen molar-refractivity contribution in [2.75, 3.05) is 33.3 Å². The van der Waals surface area contributed by atoms with E-state index in [2.05, 4.69) is 19.9 Å². The Bertz CT molecular complexity index is 852. The lowest BCUT2D eigenvalue weighted by Crippen LogP contribution is -2.13. The van der Waals surface area contributed by atoms with Crippen LogP contribution in [0.4, 0.5) is 11.5 Å². The largest absolute Gasteiger partial charge is 0.493 e. The highest BCUT2D eigenvalue weighted by molar-refractivity contribution is 5.86. The second-order valence-electron chi connectivity index (χ2n) is 5.14. The average Bonchev–Trinajstić information content (AvgIpc) is 3.07. The lowest BCUT2D eigenvalue weighted by Gasteiger charge is -2.22. The van der Waals surface area contributed by atoms with Gasteiger partial charge in [-0.25, -0.2) is 15.0 Å². The molecule has 2 aromatic heterocycles. The van der Waals surface area contributed by atoms with Crippen LogP contribution in [-0.4, -0.2) is 48.3 Å². The van der Waals surface area contributed by atoms with E-state index < -0.39 is 0 Å². The molecule has 0 radical (unpaired) electrons. The van der Waals surface area contributed by atoms with E-state index in [0.29, 0.717) is 34.5 Å². The van der Waals surface area contributed by atoms with Gasteiger partial charge in [0.25, 0.3) is 0 Å². The number of rotatable bonds is 5. The van der Waals surface area contributed by atoms with Gasteiger partial charge in [0.1, 0.15) is 11.3 Å². The molecule has 0 bridgehead atoms. The first kappa shape index (κ1) is 15.9. The summed E-state index contributed by atoms with van der Waals surface area (Å²) in [4.78, 5) is 18.1. The maximum absolute atomic E-state index is 5.42. The van der Waals surface area contributed by atoms with Crippen molar-refractivity contribution >= 4 is 22.7 Å². The van der Waals surface area contributed by atoms with Crippen LogP contribution in [0.1, 0.15) is 5.82 Å². The fraction of sp³-hybridized carbons (Fsp3) is 0.312. The second-order valence-corrected chi connectivity index (χ2v) is 5.14. The molecule has 1 aromatic carbocycles. The van der Waals surface area contributed by atoms with Crippen molar-refractivity contribution in [2.24, 2.45) is 0 Å². The van der Waals surface area contributed by atoms with E-state index in [-0.39, 0.29) is 0 Å². The zero-order valence-electron chi connectivity index (χ0n) is 14.2. The fourth-order valence-corrected chi connectivity index (χ4v) is 2.55. The molecule has 3 aromatic rings. The second kappa shape index (κ2) is 6.23. The van der Waals surface area contributed by atoms with Gasteiger partial charge in [-0.1, -0.05) is 0 Å². The Morgan fingerprint density at radius 3 is 2.25 bits per heavy atom. The number of H-pyrrole nitrogens is 1. The van der Waals surface area contributed by atoms with Gasteiger partial charge in [-0.15, -0.1) is 0 Å². The monoisotopic (exact) mass is 329 g/mol. The number of benzene rings is 1. The molecule has 0 fully saturated rings. The summed E-state index contributed by atoms with van der Waals surface area (Å²) in [5.41, 5.74) is 2.21. The summed E-state index contributed by atoms with van der Waals surface area (Å²) in [6.45, 7) is 1.83.